The number of carboxylic acid groups (broad SMARTS) is 1. The average Bonchev–Trinajstić information content (AvgIpc) is 3.09. The number of aromatic carboxylic acids is 1. The zero-order valence-corrected chi connectivity index (χ0v) is 10.5. The van der Waals surface area contributed by atoms with Crippen LogP contribution in [0.25, 0.3) is 0 Å². The molecule has 1 aromatic heterocycles. The molecule has 1 fully saturated rings. The van der Waals surface area contributed by atoms with E-state index in [2.05, 4.69) is 10.3 Å². The van der Waals surface area contributed by atoms with Crippen molar-refractivity contribution < 1.29 is 14.7 Å². The van der Waals surface area contributed by atoms with Crippen LogP contribution in [0.3, 0.4) is 0 Å². The van der Waals surface area contributed by atoms with Crippen LogP contribution in [0.2, 0.25) is 0 Å². The van der Waals surface area contributed by atoms with Crippen LogP contribution in [0.5, 0.6) is 0 Å². The van der Waals surface area contributed by atoms with E-state index < -0.39 is 5.97 Å². The Morgan fingerprint density at radius 1 is 1.50 bits per heavy atom. The van der Waals surface area contributed by atoms with Crippen LogP contribution in [-0.2, 0) is 17.8 Å². The van der Waals surface area contributed by atoms with Crippen molar-refractivity contribution in [3.8, 4) is 0 Å². The molecule has 0 aromatic carbocycles. The van der Waals surface area contributed by atoms with E-state index in [1.807, 2.05) is 6.92 Å². The van der Waals surface area contributed by atoms with Gasteiger partial charge in [0.25, 0.3) is 0 Å². The first kappa shape index (κ1) is 12.5. The summed E-state index contributed by atoms with van der Waals surface area (Å²) in [7, 11) is 1.76. The van der Waals surface area contributed by atoms with E-state index in [0.29, 0.717) is 18.2 Å². The molecule has 0 aliphatic heterocycles. The maximum atomic E-state index is 11.9. The highest BCUT2D eigenvalue weighted by Gasteiger charge is 2.30. The van der Waals surface area contributed by atoms with Crippen LogP contribution >= 0.6 is 0 Å². The summed E-state index contributed by atoms with van der Waals surface area (Å²) in [5, 5.41) is 16.3. The third kappa shape index (κ3) is 2.34. The van der Waals surface area contributed by atoms with Crippen LogP contribution < -0.4 is 0 Å². The van der Waals surface area contributed by atoms with Crippen molar-refractivity contribution in [2.45, 2.75) is 38.8 Å². The normalized spacial score (nSPS) is 14.6. The number of carboxylic acids is 1. The van der Waals surface area contributed by atoms with Gasteiger partial charge in [-0.1, -0.05) is 12.1 Å². The van der Waals surface area contributed by atoms with E-state index in [1.54, 1.807) is 11.9 Å². The van der Waals surface area contributed by atoms with Gasteiger partial charge >= 0.3 is 5.97 Å². The quantitative estimate of drug-likeness (QED) is 0.806. The minimum absolute atomic E-state index is 0.0520. The second-order valence-electron chi connectivity index (χ2n) is 4.44. The molecule has 1 N–H and O–H groups in total. The Hall–Kier alpha value is -1.92. The van der Waals surface area contributed by atoms with Crippen molar-refractivity contribution >= 4 is 11.9 Å². The van der Waals surface area contributed by atoms with E-state index >= 15 is 0 Å². The first-order chi connectivity index (χ1) is 8.54. The highest BCUT2D eigenvalue weighted by molar-refractivity contribution is 5.86. The third-order valence-corrected chi connectivity index (χ3v) is 3.15. The zero-order valence-electron chi connectivity index (χ0n) is 10.5. The van der Waals surface area contributed by atoms with Gasteiger partial charge in [-0.05, 0) is 19.3 Å². The number of nitrogens with zero attached hydrogens (tertiary/aromatic N) is 4. The molecule has 0 saturated heterocycles. The summed E-state index contributed by atoms with van der Waals surface area (Å²) < 4.78 is 1.38. The lowest BCUT2D eigenvalue weighted by Crippen LogP contribution is -2.32. The highest BCUT2D eigenvalue weighted by Crippen LogP contribution is 2.25. The SMILES string of the molecule is CCc1c(C(=O)O)nnn1CC(=O)N(C)C1CC1. The summed E-state index contributed by atoms with van der Waals surface area (Å²) >= 11 is 0. The van der Waals surface area contributed by atoms with Crippen LogP contribution in [0.1, 0.15) is 35.9 Å². The van der Waals surface area contributed by atoms with Gasteiger partial charge in [-0.3, -0.25) is 4.79 Å². The fraction of sp³-hybridized carbons (Fsp3) is 0.636. The molecular weight excluding hydrogens is 236 g/mol. The number of likely N-dealkylation sites (N-methyl/N-ethyl adjacent to an activating group) is 1. The Morgan fingerprint density at radius 2 is 2.17 bits per heavy atom. The Balaban J connectivity index is 2.13. The number of hydrogen-bond acceptors (Lipinski definition) is 4. The lowest BCUT2D eigenvalue weighted by atomic mass is 10.2. The summed E-state index contributed by atoms with van der Waals surface area (Å²) in [6.07, 6.45) is 2.57. The van der Waals surface area contributed by atoms with Gasteiger partial charge in [0.2, 0.25) is 5.91 Å². The van der Waals surface area contributed by atoms with Crippen molar-refractivity contribution in [3.05, 3.63) is 11.4 Å². The van der Waals surface area contributed by atoms with Crippen molar-refractivity contribution in [2.75, 3.05) is 7.05 Å². The molecule has 1 aromatic rings. The molecule has 0 bridgehead atoms. The first-order valence-electron chi connectivity index (χ1n) is 5.96. The molecule has 1 aliphatic carbocycles. The van der Waals surface area contributed by atoms with Gasteiger partial charge in [0.05, 0.1) is 5.69 Å². The van der Waals surface area contributed by atoms with E-state index in [4.69, 9.17) is 5.11 Å². The van der Waals surface area contributed by atoms with E-state index in [0.717, 1.165) is 12.8 Å². The topological polar surface area (TPSA) is 88.3 Å². The highest BCUT2D eigenvalue weighted by atomic mass is 16.4. The molecule has 1 heterocycles. The number of amides is 1. The van der Waals surface area contributed by atoms with E-state index in [-0.39, 0.29) is 18.1 Å². The van der Waals surface area contributed by atoms with E-state index in [1.165, 1.54) is 4.68 Å². The Kier molecular flexibility index (Phi) is 3.31. The second kappa shape index (κ2) is 4.75. The largest absolute Gasteiger partial charge is 0.476 e. The lowest BCUT2D eigenvalue weighted by Gasteiger charge is -2.16. The van der Waals surface area contributed by atoms with Gasteiger partial charge in [0.15, 0.2) is 5.69 Å². The molecular formula is C11H16N4O3. The summed E-state index contributed by atoms with van der Waals surface area (Å²) in [4.78, 5) is 24.5. The fourth-order valence-corrected chi connectivity index (χ4v) is 1.88. The molecule has 2 rings (SSSR count). The number of carbonyl (C=O) groups excluding carboxylic acids is 1. The Morgan fingerprint density at radius 3 is 2.67 bits per heavy atom. The fourth-order valence-electron chi connectivity index (χ4n) is 1.88. The summed E-state index contributed by atoms with van der Waals surface area (Å²) in [5.74, 6) is -1.17. The molecule has 0 unspecified atom stereocenters. The predicted octanol–water partition coefficient (Wildman–Crippen LogP) is 0.159. The monoisotopic (exact) mass is 252 g/mol. The molecule has 98 valence electrons. The van der Waals surface area contributed by atoms with E-state index in [9.17, 15) is 9.59 Å². The van der Waals surface area contributed by atoms with Crippen molar-refractivity contribution in [3.63, 3.8) is 0 Å². The van der Waals surface area contributed by atoms with Crippen LogP contribution in [-0.4, -0.2) is 50.0 Å². The molecule has 7 heteroatoms. The molecule has 7 nitrogen and oxygen atoms in total. The first-order valence-corrected chi connectivity index (χ1v) is 5.96. The van der Waals surface area contributed by atoms with Gasteiger partial charge < -0.3 is 10.0 Å². The Labute approximate surface area is 104 Å². The molecule has 1 aliphatic rings. The second-order valence-corrected chi connectivity index (χ2v) is 4.44. The lowest BCUT2D eigenvalue weighted by molar-refractivity contribution is -0.131. The van der Waals surface area contributed by atoms with Crippen molar-refractivity contribution in [1.29, 1.82) is 0 Å². The predicted molar refractivity (Wildman–Crippen MR) is 62.2 cm³/mol. The summed E-state index contributed by atoms with van der Waals surface area (Å²) in [6.45, 7) is 1.87. The zero-order chi connectivity index (χ0) is 13.3. The maximum Gasteiger partial charge on any atom is 0.358 e. The third-order valence-electron chi connectivity index (χ3n) is 3.15. The van der Waals surface area contributed by atoms with Crippen LogP contribution in [0, 0.1) is 0 Å². The molecule has 1 saturated carbocycles. The molecule has 0 atom stereocenters. The standard InChI is InChI=1S/C11H16N4O3/c1-3-8-10(11(17)18)12-13-15(8)6-9(16)14(2)7-4-5-7/h7H,3-6H2,1-2H3,(H,17,18). The summed E-state index contributed by atoms with van der Waals surface area (Å²) in [5.41, 5.74) is 0.416. The summed E-state index contributed by atoms with van der Waals surface area (Å²) in [6, 6.07) is 0.338. The molecule has 1 amide bonds. The average molecular weight is 252 g/mol. The number of rotatable bonds is 5. The minimum Gasteiger partial charge on any atom is -0.476 e. The Bertz CT molecular complexity index is 479. The number of aromatic nitrogens is 3. The maximum absolute atomic E-state index is 11.9. The molecule has 0 radical (unpaired) electrons. The van der Waals surface area contributed by atoms with Crippen LogP contribution in [0.15, 0.2) is 0 Å². The number of hydrogen-bond donors (Lipinski definition) is 1. The number of carbonyl (C=O) groups is 2. The van der Waals surface area contributed by atoms with Gasteiger partial charge in [0.1, 0.15) is 6.54 Å². The van der Waals surface area contributed by atoms with Gasteiger partial charge in [-0.25, -0.2) is 9.48 Å². The molecule has 0 spiro atoms. The van der Waals surface area contributed by atoms with Gasteiger partial charge in [-0.15, -0.1) is 5.10 Å². The van der Waals surface area contributed by atoms with Gasteiger partial charge in [0, 0.05) is 13.1 Å². The van der Waals surface area contributed by atoms with Crippen LogP contribution in [0.4, 0.5) is 0 Å². The van der Waals surface area contributed by atoms with Crippen molar-refractivity contribution in [2.24, 2.45) is 0 Å². The van der Waals surface area contributed by atoms with Crippen molar-refractivity contribution in [1.82, 2.24) is 19.9 Å². The smallest absolute Gasteiger partial charge is 0.358 e. The van der Waals surface area contributed by atoms with Gasteiger partial charge in [-0.2, -0.15) is 0 Å². The minimum atomic E-state index is -1.11. The molecule has 18 heavy (non-hydrogen) atoms.